The summed E-state index contributed by atoms with van der Waals surface area (Å²) in [6.45, 7) is 4.48. The summed E-state index contributed by atoms with van der Waals surface area (Å²) in [5, 5.41) is 14.2. The lowest BCUT2D eigenvalue weighted by molar-refractivity contribution is -0.383. The highest BCUT2D eigenvalue weighted by molar-refractivity contribution is 7.98. The SMILES string of the molecule is CCNc1ncnc(N(C)C(C)CCSC)c1[N+](=O)[O-]. The molecule has 20 heavy (non-hydrogen) atoms. The first kappa shape index (κ1) is 16.5. The van der Waals surface area contributed by atoms with E-state index >= 15 is 0 Å². The monoisotopic (exact) mass is 299 g/mol. The molecule has 1 N–H and O–H groups in total. The summed E-state index contributed by atoms with van der Waals surface area (Å²) in [4.78, 5) is 20.8. The van der Waals surface area contributed by atoms with E-state index < -0.39 is 4.92 Å². The van der Waals surface area contributed by atoms with E-state index in [2.05, 4.69) is 15.3 Å². The van der Waals surface area contributed by atoms with E-state index in [0.29, 0.717) is 12.4 Å². The van der Waals surface area contributed by atoms with Crippen LogP contribution in [0.15, 0.2) is 6.33 Å². The van der Waals surface area contributed by atoms with Crippen LogP contribution < -0.4 is 10.2 Å². The molecule has 8 heteroatoms. The molecule has 0 aliphatic carbocycles. The Morgan fingerprint density at radius 3 is 2.80 bits per heavy atom. The molecule has 0 saturated heterocycles. The number of rotatable bonds is 8. The fourth-order valence-electron chi connectivity index (χ4n) is 1.78. The van der Waals surface area contributed by atoms with Gasteiger partial charge in [-0.1, -0.05) is 0 Å². The molecule has 0 aromatic carbocycles. The first-order valence-electron chi connectivity index (χ1n) is 6.47. The van der Waals surface area contributed by atoms with Crippen molar-refractivity contribution in [3.05, 3.63) is 16.4 Å². The molecule has 1 aromatic heterocycles. The van der Waals surface area contributed by atoms with Crippen molar-refractivity contribution in [1.82, 2.24) is 9.97 Å². The summed E-state index contributed by atoms with van der Waals surface area (Å²) in [6.07, 6.45) is 4.34. The topological polar surface area (TPSA) is 84.2 Å². The highest BCUT2D eigenvalue weighted by Crippen LogP contribution is 2.32. The molecule has 7 nitrogen and oxygen atoms in total. The summed E-state index contributed by atoms with van der Waals surface area (Å²) < 4.78 is 0. The number of nitro groups is 1. The van der Waals surface area contributed by atoms with Crippen LogP contribution in [0.4, 0.5) is 17.3 Å². The largest absolute Gasteiger partial charge is 0.364 e. The lowest BCUT2D eigenvalue weighted by atomic mass is 10.2. The lowest BCUT2D eigenvalue weighted by Gasteiger charge is -2.25. The van der Waals surface area contributed by atoms with Crippen LogP contribution in [-0.2, 0) is 0 Å². The normalized spacial score (nSPS) is 12.0. The molecule has 0 fully saturated rings. The average molecular weight is 299 g/mol. The van der Waals surface area contributed by atoms with Gasteiger partial charge in [-0.2, -0.15) is 11.8 Å². The third-order valence-corrected chi connectivity index (χ3v) is 3.71. The Bertz CT molecular complexity index is 457. The van der Waals surface area contributed by atoms with Gasteiger partial charge in [-0.15, -0.1) is 0 Å². The number of nitrogens with one attached hydrogen (secondary N) is 1. The molecule has 0 spiro atoms. The van der Waals surface area contributed by atoms with Crippen LogP contribution >= 0.6 is 11.8 Å². The van der Waals surface area contributed by atoms with Crippen molar-refractivity contribution >= 4 is 29.1 Å². The van der Waals surface area contributed by atoms with Crippen LogP contribution in [0.1, 0.15) is 20.3 Å². The minimum Gasteiger partial charge on any atom is -0.364 e. The van der Waals surface area contributed by atoms with Gasteiger partial charge in [-0.3, -0.25) is 10.1 Å². The molecule has 0 bridgehead atoms. The van der Waals surface area contributed by atoms with Crippen molar-refractivity contribution in [1.29, 1.82) is 0 Å². The van der Waals surface area contributed by atoms with Crippen LogP contribution in [0.2, 0.25) is 0 Å². The van der Waals surface area contributed by atoms with Gasteiger partial charge in [-0.05, 0) is 32.3 Å². The maximum absolute atomic E-state index is 11.3. The Balaban J connectivity index is 3.09. The molecular formula is C12H21N5O2S. The van der Waals surface area contributed by atoms with Crippen molar-refractivity contribution in [2.45, 2.75) is 26.3 Å². The second-order valence-corrected chi connectivity index (χ2v) is 5.41. The first-order valence-corrected chi connectivity index (χ1v) is 7.87. The van der Waals surface area contributed by atoms with Crippen molar-refractivity contribution < 1.29 is 4.92 Å². The van der Waals surface area contributed by atoms with Crippen molar-refractivity contribution in [2.75, 3.05) is 35.8 Å². The molecule has 0 aliphatic rings. The van der Waals surface area contributed by atoms with E-state index in [0.717, 1.165) is 12.2 Å². The van der Waals surface area contributed by atoms with Gasteiger partial charge in [-0.25, -0.2) is 9.97 Å². The van der Waals surface area contributed by atoms with Crippen LogP contribution in [0.3, 0.4) is 0 Å². The summed E-state index contributed by atoms with van der Waals surface area (Å²) in [5.41, 5.74) is -0.0622. The van der Waals surface area contributed by atoms with Gasteiger partial charge in [0.2, 0.25) is 11.6 Å². The maximum Gasteiger partial charge on any atom is 0.353 e. The molecule has 0 amide bonds. The Hall–Kier alpha value is -1.57. The number of hydrogen-bond acceptors (Lipinski definition) is 7. The molecule has 112 valence electrons. The summed E-state index contributed by atoms with van der Waals surface area (Å²) in [6, 6.07) is 0.172. The van der Waals surface area contributed by atoms with Crippen molar-refractivity contribution in [3.63, 3.8) is 0 Å². The zero-order chi connectivity index (χ0) is 15.1. The summed E-state index contributed by atoms with van der Waals surface area (Å²) in [7, 11) is 1.83. The van der Waals surface area contributed by atoms with Crippen LogP contribution in [0, 0.1) is 10.1 Å². The van der Waals surface area contributed by atoms with Gasteiger partial charge in [0.1, 0.15) is 6.33 Å². The van der Waals surface area contributed by atoms with Gasteiger partial charge < -0.3 is 10.2 Å². The molecule has 1 aromatic rings. The van der Waals surface area contributed by atoms with E-state index in [4.69, 9.17) is 0 Å². The second kappa shape index (κ2) is 7.88. The Labute approximate surface area is 123 Å². The number of nitrogens with zero attached hydrogens (tertiary/aromatic N) is 4. The summed E-state index contributed by atoms with van der Waals surface area (Å²) >= 11 is 1.76. The van der Waals surface area contributed by atoms with Crippen molar-refractivity contribution in [2.24, 2.45) is 0 Å². The lowest BCUT2D eigenvalue weighted by Crippen LogP contribution is -2.31. The number of aromatic nitrogens is 2. The highest BCUT2D eigenvalue weighted by Gasteiger charge is 2.27. The average Bonchev–Trinajstić information content (AvgIpc) is 2.43. The molecule has 0 saturated carbocycles. The van der Waals surface area contributed by atoms with Gasteiger partial charge in [0, 0.05) is 19.6 Å². The Morgan fingerprint density at radius 1 is 1.55 bits per heavy atom. The molecule has 1 rings (SSSR count). The zero-order valence-electron chi connectivity index (χ0n) is 12.3. The molecule has 0 aliphatic heterocycles. The Kier molecular flexibility index (Phi) is 6.50. The van der Waals surface area contributed by atoms with Crippen molar-refractivity contribution in [3.8, 4) is 0 Å². The predicted octanol–water partition coefficient (Wildman–Crippen LogP) is 2.39. The fraction of sp³-hybridized carbons (Fsp3) is 0.667. The smallest absolute Gasteiger partial charge is 0.353 e. The fourth-order valence-corrected chi connectivity index (χ4v) is 2.36. The molecular weight excluding hydrogens is 278 g/mol. The van der Waals surface area contributed by atoms with Gasteiger partial charge in [0.05, 0.1) is 4.92 Å². The van der Waals surface area contributed by atoms with Gasteiger partial charge in [0.15, 0.2) is 0 Å². The van der Waals surface area contributed by atoms with Crippen LogP contribution in [0.5, 0.6) is 0 Å². The highest BCUT2D eigenvalue weighted by atomic mass is 32.2. The number of hydrogen-bond donors (Lipinski definition) is 1. The van der Waals surface area contributed by atoms with E-state index in [9.17, 15) is 10.1 Å². The van der Waals surface area contributed by atoms with Gasteiger partial charge in [0.25, 0.3) is 0 Å². The summed E-state index contributed by atoms with van der Waals surface area (Å²) in [5.74, 6) is 1.63. The number of thioether (sulfide) groups is 1. The number of anilines is 2. The first-order chi connectivity index (χ1) is 9.52. The van der Waals surface area contributed by atoms with Gasteiger partial charge >= 0.3 is 5.69 Å². The maximum atomic E-state index is 11.3. The van der Waals surface area contributed by atoms with E-state index in [-0.39, 0.29) is 17.5 Å². The van der Waals surface area contributed by atoms with Crippen LogP contribution in [-0.4, -0.2) is 46.5 Å². The third kappa shape index (κ3) is 3.96. The molecule has 1 heterocycles. The van der Waals surface area contributed by atoms with E-state index in [1.165, 1.54) is 6.33 Å². The Morgan fingerprint density at radius 2 is 2.25 bits per heavy atom. The molecule has 1 atom stereocenters. The third-order valence-electron chi connectivity index (χ3n) is 3.06. The zero-order valence-corrected chi connectivity index (χ0v) is 13.1. The van der Waals surface area contributed by atoms with E-state index in [1.54, 1.807) is 11.8 Å². The van der Waals surface area contributed by atoms with Crippen LogP contribution in [0.25, 0.3) is 0 Å². The quantitative estimate of drug-likeness (QED) is 0.582. The molecule has 0 radical (unpaired) electrons. The second-order valence-electron chi connectivity index (χ2n) is 4.42. The predicted molar refractivity (Wildman–Crippen MR) is 83.7 cm³/mol. The van der Waals surface area contributed by atoms with E-state index in [1.807, 2.05) is 32.1 Å². The minimum atomic E-state index is -0.425. The minimum absolute atomic E-state index is 0.0622. The molecule has 1 unspecified atom stereocenters. The standard InChI is InChI=1S/C12H21N5O2S/c1-5-13-11-10(17(18)19)12(15-8-14-11)16(3)9(2)6-7-20-4/h8-9H,5-7H2,1-4H3,(H,13,14,15).